The molecule has 9 heavy (non-hydrogen) atoms. The normalized spacial score (nSPS) is 11.4. The number of nitrogens with zero attached hydrogens (tertiary/aromatic N) is 1. The Balaban J connectivity index is 4.09. The summed E-state index contributed by atoms with van der Waals surface area (Å²) in [6.45, 7) is 0.458. The van der Waals surface area contributed by atoms with E-state index in [4.69, 9.17) is 10.2 Å². The van der Waals surface area contributed by atoms with Gasteiger partial charge in [0.1, 0.15) is 0 Å². The molecule has 0 atom stereocenters. The smallest absolute Gasteiger partial charge is 0.330 e. The van der Waals surface area contributed by atoms with E-state index < -0.39 is 9.37 Å². The minimum absolute atomic E-state index is 0.229. The van der Waals surface area contributed by atoms with Crippen molar-refractivity contribution in [2.45, 2.75) is 4.45 Å². The summed E-state index contributed by atoms with van der Waals surface area (Å²) in [7, 11) is 0. The molecule has 0 rings (SSSR count). The van der Waals surface area contributed by atoms with Gasteiger partial charge in [-0.05, 0) is 0 Å². The zero-order valence-electron chi connectivity index (χ0n) is 4.19. The Kier molecular flexibility index (Phi) is 3.02. The molecule has 0 amide bonds. The van der Waals surface area contributed by atoms with E-state index in [0.29, 0.717) is 0 Å². The Bertz CT molecular complexity index is 112. The Hall–Kier alpha value is -0.200. The van der Waals surface area contributed by atoms with Crippen LogP contribution < -0.4 is 0 Å². The number of hydrogen-bond acceptors (Lipinski definition) is 4. The zero-order valence-corrected chi connectivity index (χ0v) is 5.78. The molecule has 0 saturated carbocycles. The number of aliphatic hydroxyl groups is 2. The van der Waals surface area contributed by atoms with Crippen molar-refractivity contribution in [2.75, 3.05) is 0 Å². The lowest BCUT2D eigenvalue weighted by molar-refractivity contribution is -0.526. The highest BCUT2D eigenvalue weighted by molar-refractivity contribution is 9.10. The molecule has 2 N–H and O–H groups in total. The molecule has 52 valence electrons. The van der Waals surface area contributed by atoms with Gasteiger partial charge in [-0.3, -0.25) is 10.1 Å². The highest BCUT2D eigenvalue weighted by atomic mass is 79.9. The van der Waals surface area contributed by atoms with Gasteiger partial charge in [0.15, 0.2) is 13.2 Å². The first kappa shape index (κ1) is 8.80. The van der Waals surface area contributed by atoms with E-state index in [1.165, 1.54) is 0 Å². The molecule has 5 nitrogen and oxygen atoms in total. The number of halogens is 1. The first-order chi connectivity index (χ1) is 4.06. The van der Waals surface area contributed by atoms with Crippen LogP contribution in [0.15, 0.2) is 0 Å². The van der Waals surface area contributed by atoms with Crippen LogP contribution in [0, 0.1) is 23.3 Å². The largest absolute Gasteiger partial charge is 0.382 e. The van der Waals surface area contributed by atoms with Crippen LogP contribution in [0.3, 0.4) is 0 Å². The van der Waals surface area contributed by atoms with Gasteiger partial charge in [0.25, 0.3) is 0 Å². The van der Waals surface area contributed by atoms with Crippen molar-refractivity contribution in [3.8, 4) is 0 Å². The van der Waals surface area contributed by atoms with Crippen LogP contribution in [-0.2, 0) is 0 Å². The summed E-state index contributed by atoms with van der Waals surface area (Å²) in [5.41, 5.74) is 0. The standard InChI is InChI=1S/C3H4BrNO4/c4-3(1-6,2-7)5(8)9/h1-2,6-7H. The number of hydrogen-bond donors (Lipinski definition) is 2. The van der Waals surface area contributed by atoms with Crippen LogP contribution in [-0.4, -0.2) is 19.6 Å². The fourth-order valence-electron chi connectivity index (χ4n) is 0.128. The monoisotopic (exact) mass is 197 g/mol. The number of nitro groups is 1. The maximum Gasteiger partial charge on any atom is 0.330 e. The van der Waals surface area contributed by atoms with Gasteiger partial charge in [0.05, 0.1) is 0 Å². The number of aliphatic hydroxyl groups excluding tert-OH is 2. The Morgan fingerprint density at radius 3 is 1.89 bits per heavy atom. The third kappa shape index (κ3) is 1.88. The third-order valence-corrected chi connectivity index (χ3v) is 1.34. The molecule has 0 bridgehead atoms. The number of alkyl halides is 1. The molecule has 0 spiro atoms. The maximum absolute atomic E-state index is 9.86. The van der Waals surface area contributed by atoms with Crippen LogP contribution in [0.5, 0.6) is 0 Å². The van der Waals surface area contributed by atoms with Gasteiger partial charge < -0.3 is 10.2 Å². The van der Waals surface area contributed by atoms with Gasteiger partial charge in [-0.1, -0.05) is 0 Å². The molecule has 0 aromatic carbocycles. The molecule has 0 unspecified atom stereocenters. The molecule has 0 saturated heterocycles. The van der Waals surface area contributed by atoms with E-state index in [1.807, 2.05) is 0 Å². The van der Waals surface area contributed by atoms with Crippen LogP contribution in [0.1, 0.15) is 0 Å². The highest BCUT2D eigenvalue weighted by Crippen LogP contribution is 2.22. The summed E-state index contributed by atoms with van der Waals surface area (Å²) in [6.07, 6.45) is 0. The second-order valence-corrected chi connectivity index (χ2v) is 2.51. The predicted octanol–water partition coefficient (Wildman–Crippen LogP) is 0.423. The van der Waals surface area contributed by atoms with Crippen molar-refractivity contribution >= 4 is 15.9 Å². The van der Waals surface area contributed by atoms with Gasteiger partial charge in [-0.2, -0.15) is 0 Å². The van der Waals surface area contributed by atoms with Crippen LogP contribution in [0.25, 0.3) is 0 Å². The second-order valence-electron chi connectivity index (χ2n) is 1.24. The molecule has 0 aliphatic heterocycles. The fourth-order valence-corrected chi connectivity index (χ4v) is 0.128. The summed E-state index contributed by atoms with van der Waals surface area (Å²) in [5, 5.41) is 26.2. The van der Waals surface area contributed by atoms with Gasteiger partial charge >= 0.3 is 4.45 Å². The van der Waals surface area contributed by atoms with E-state index in [-0.39, 0.29) is 13.2 Å². The van der Waals surface area contributed by atoms with Crippen molar-refractivity contribution in [1.29, 1.82) is 0 Å². The van der Waals surface area contributed by atoms with Crippen LogP contribution in [0.2, 0.25) is 0 Å². The van der Waals surface area contributed by atoms with E-state index in [9.17, 15) is 10.1 Å². The molecule has 0 heterocycles. The summed E-state index contributed by atoms with van der Waals surface area (Å²) in [6, 6.07) is 0. The van der Waals surface area contributed by atoms with E-state index >= 15 is 0 Å². The topological polar surface area (TPSA) is 83.6 Å². The van der Waals surface area contributed by atoms with Crippen molar-refractivity contribution in [3.63, 3.8) is 0 Å². The minimum Gasteiger partial charge on any atom is -0.382 e. The van der Waals surface area contributed by atoms with Crippen LogP contribution in [0.4, 0.5) is 0 Å². The lowest BCUT2D eigenvalue weighted by Gasteiger charge is -2.09. The minimum atomic E-state index is -2.02. The van der Waals surface area contributed by atoms with Gasteiger partial charge in [0, 0.05) is 20.9 Å². The molecule has 0 aliphatic rings. The Morgan fingerprint density at radius 1 is 1.56 bits per heavy atom. The van der Waals surface area contributed by atoms with Crippen LogP contribution >= 0.6 is 15.9 Å². The summed E-state index contributed by atoms with van der Waals surface area (Å²) in [4.78, 5) is 8.96. The summed E-state index contributed by atoms with van der Waals surface area (Å²) in [5.74, 6) is 0. The number of rotatable bonds is 3. The summed E-state index contributed by atoms with van der Waals surface area (Å²) >= 11 is 2.44. The molecule has 0 aromatic heterocycles. The van der Waals surface area contributed by atoms with Gasteiger partial charge in [-0.15, -0.1) is 0 Å². The van der Waals surface area contributed by atoms with E-state index in [0.717, 1.165) is 0 Å². The van der Waals surface area contributed by atoms with Gasteiger partial charge in [0.2, 0.25) is 0 Å². The molecule has 0 aliphatic carbocycles. The van der Waals surface area contributed by atoms with Crippen molar-refractivity contribution in [1.82, 2.24) is 0 Å². The fraction of sp³-hybridized carbons (Fsp3) is 0.333. The quantitative estimate of drug-likeness (QED) is 0.298. The predicted molar refractivity (Wildman–Crippen MR) is 31.1 cm³/mol. The zero-order chi connectivity index (χ0) is 7.49. The lowest BCUT2D eigenvalue weighted by Crippen LogP contribution is -2.32. The average molecular weight is 198 g/mol. The van der Waals surface area contributed by atoms with Gasteiger partial charge in [-0.25, -0.2) is 0 Å². The molecular formula is C3H4BrNO4. The third-order valence-electron chi connectivity index (χ3n) is 0.642. The van der Waals surface area contributed by atoms with E-state index in [2.05, 4.69) is 15.9 Å². The molecule has 0 fully saturated rings. The summed E-state index contributed by atoms with van der Waals surface area (Å²) < 4.78 is -2.02. The molecule has 0 aromatic rings. The molecule has 6 heteroatoms. The SMILES string of the molecule is O=[N+]([O-])C(Br)([CH]O)[CH]O. The Labute approximate surface area is 59.6 Å². The maximum atomic E-state index is 9.86. The van der Waals surface area contributed by atoms with Crippen molar-refractivity contribution < 1.29 is 15.1 Å². The average Bonchev–Trinajstić information content (AvgIpc) is 1.86. The second kappa shape index (κ2) is 3.09. The Morgan fingerprint density at radius 2 is 1.89 bits per heavy atom. The first-order valence-electron chi connectivity index (χ1n) is 1.87. The van der Waals surface area contributed by atoms with Crippen molar-refractivity contribution in [2.24, 2.45) is 0 Å². The highest BCUT2D eigenvalue weighted by Gasteiger charge is 2.39. The lowest BCUT2D eigenvalue weighted by atomic mass is 10.4. The molecular weight excluding hydrogens is 194 g/mol. The van der Waals surface area contributed by atoms with E-state index in [1.54, 1.807) is 0 Å². The van der Waals surface area contributed by atoms with Crippen molar-refractivity contribution in [3.05, 3.63) is 23.3 Å². The first-order valence-corrected chi connectivity index (χ1v) is 2.66. The molecule has 2 radical (unpaired) electrons.